The van der Waals surface area contributed by atoms with E-state index in [1.807, 2.05) is 0 Å². The lowest BCUT2D eigenvalue weighted by atomic mass is 10.0. The number of likely N-dealkylation sites (N-methyl/N-ethyl adjacent to an activating group) is 2. The first-order chi connectivity index (χ1) is 22.6. The molecule has 0 aromatic rings. The predicted octanol–water partition coefficient (Wildman–Crippen LogP) is -0.227. The largest absolute Gasteiger partial charge is 0.356 e. The monoisotopic (exact) mass is 686 g/mol. The molecule has 0 aliphatic rings. The summed E-state index contributed by atoms with van der Waals surface area (Å²) in [7, 11) is 3.48. The number of aldehydes is 3. The second-order valence-electron chi connectivity index (χ2n) is 12.0. The van der Waals surface area contributed by atoms with Crippen molar-refractivity contribution in [2.24, 2.45) is 5.92 Å². The van der Waals surface area contributed by atoms with Gasteiger partial charge in [-0.1, -0.05) is 6.92 Å². The topological polar surface area (TPSA) is 199 Å². The Hall–Kier alpha value is -2.43. The van der Waals surface area contributed by atoms with Gasteiger partial charge in [-0.15, -0.1) is 0 Å². The fourth-order valence-electron chi connectivity index (χ4n) is 4.88. The molecule has 0 saturated carbocycles. The van der Waals surface area contributed by atoms with Gasteiger partial charge < -0.3 is 41.0 Å². The van der Waals surface area contributed by atoms with E-state index in [0.717, 1.165) is 51.0 Å². The lowest BCUT2D eigenvalue weighted by Gasteiger charge is -2.28. The minimum Gasteiger partial charge on any atom is -0.356 e. The van der Waals surface area contributed by atoms with E-state index in [-0.39, 0.29) is 35.8 Å². The molecule has 0 aliphatic heterocycles. The third-order valence-corrected chi connectivity index (χ3v) is 8.22. The highest BCUT2D eigenvalue weighted by molar-refractivity contribution is 7.80. The molecule has 0 radical (unpaired) electrons. The molecule has 0 fully saturated rings. The number of unbranched alkanes of at least 4 members (excludes halogenated alkanes) is 3. The summed E-state index contributed by atoms with van der Waals surface area (Å²) < 4.78 is 0. The van der Waals surface area contributed by atoms with E-state index in [0.29, 0.717) is 57.6 Å². The molecule has 0 bridgehead atoms. The Morgan fingerprint density at radius 1 is 0.596 bits per heavy atom. The predicted molar refractivity (Wildman–Crippen MR) is 188 cm³/mol. The summed E-state index contributed by atoms with van der Waals surface area (Å²) in [6.07, 6.45) is 8.99. The van der Waals surface area contributed by atoms with Crippen LogP contribution in [0.4, 0.5) is 0 Å². The van der Waals surface area contributed by atoms with Gasteiger partial charge in [0.1, 0.15) is 18.9 Å². The van der Waals surface area contributed by atoms with Crippen LogP contribution < -0.4 is 42.5 Å². The van der Waals surface area contributed by atoms with Gasteiger partial charge in [0, 0.05) is 31.4 Å². The molecule has 0 aromatic carbocycles. The smallest absolute Gasteiger partial charge is 0.236 e. The van der Waals surface area contributed by atoms with Gasteiger partial charge in [0.2, 0.25) is 17.7 Å². The van der Waals surface area contributed by atoms with Crippen molar-refractivity contribution in [3.63, 3.8) is 0 Å². The molecule has 47 heavy (non-hydrogen) atoms. The molecular weight excluding hydrogens is 624 g/mol. The number of nitrogens with one attached hydrogen (secondary N) is 8. The Morgan fingerprint density at radius 3 is 1.34 bits per heavy atom. The van der Waals surface area contributed by atoms with Crippen LogP contribution in [0.5, 0.6) is 0 Å². The van der Waals surface area contributed by atoms with Crippen LogP contribution in [0, 0.1) is 5.92 Å². The SMILES string of the molecule is CN[C@@H](C=O)CCCCNC(=O)C(C)CC(NC(C)C(=O)NCCCC[C@@H](C=O)NCS)NC(C)C(=O)NCCCC[C@H](C=O)NC. The van der Waals surface area contributed by atoms with Crippen LogP contribution in [0.2, 0.25) is 0 Å². The molecule has 8 N–H and O–H groups in total. The van der Waals surface area contributed by atoms with Crippen LogP contribution in [0.1, 0.15) is 85.0 Å². The molecule has 3 amide bonds. The molecule has 0 aromatic heterocycles. The van der Waals surface area contributed by atoms with Gasteiger partial charge >= 0.3 is 0 Å². The maximum atomic E-state index is 12.9. The molecule has 272 valence electrons. The highest BCUT2D eigenvalue weighted by Crippen LogP contribution is 2.08. The Bertz CT molecular complexity index is 856. The van der Waals surface area contributed by atoms with Gasteiger partial charge in [0.15, 0.2) is 0 Å². The van der Waals surface area contributed by atoms with Crippen molar-refractivity contribution in [2.45, 2.75) is 121 Å². The molecule has 0 spiro atoms. The summed E-state index contributed by atoms with van der Waals surface area (Å²) in [6, 6.07) is -1.85. The van der Waals surface area contributed by atoms with E-state index in [2.05, 4.69) is 55.2 Å². The number of hydrogen-bond donors (Lipinski definition) is 9. The fourth-order valence-corrected chi connectivity index (χ4v) is 5.11. The molecular formula is C32H62N8O6S. The molecule has 4 unspecified atom stereocenters. The van der Waals surface area contributed by atoms with Crippen molar-refractivity contribution in [1.29, 1.82) is 0 Å². The van der Waals surface area contributed by atoms with Gasteiger partial charge in [0.05, 0.1) is 36.4 Å². The highest BCUT2D eigenvalue weighted by atomic mass is 32.1. The van der Waals surface area contributed by atoms with E-state index in [4.69, 9.17) is 0 Å². The van der Waals surface area contributed by atoms with Gasteiger partial charge in [0.25, 0.3) is 0 Å². The second-order valence-corrected chi connectivity index (χ2v) is 12.3. The first-order valence-corrected chi connectivity index (χ1v) is 17.6. The van der Waals surface area contributed by atoms with Crippen molar-refractivity contribution in [1.82, 2.24) is 42.5 Å². The molecule has 0 saturated heterocycles. The quantitative estimate of drug-likeness (QED) is 0.0202. The number of carbonyl (C=O) groups excluding carboxylic acids is 6. The maximum absolute atomic E-state index is 12.9. The van der Waals surface area contributed by atoms with Crippen LogP contribution in [0.25, 0.3) is 0 Å². The average Bonchev–Trinajstić information content (AvgIpc) is 3.06. The molecule has 7 atom stereocenters. The van der Waals surface area contributed by atoms with E-state index >= 15 is 0 Å². The number of thiol groups is 1. The highest BCUT2D eigenvalue weighted by Gasteiger charge is 2.25. The fraction of sp³-hybridized carbons (Fsp3) is 0.812. The molecule has 0 heterocycles. The van der Waals surface area contributed by atoms with Crippen LogP contribution in [-0.4, -0.2) is 113 Å². The van der Waals surface area contributed by atoms with Gasteiger partial charge in [-0.3, -0.25) is 30.3 Å². The van der Waals surface area contributed by atoms with Crippen LogP contribution in [0.3, 0.4) is 0 Å². The minimum atomic E-state index is -0.609. The first kappa shape index (κ1) is 44.6. The van der Waals surface area contributed by atoms with Crippen LogP contribution in [-0.2, 0) is 28.8 Å². The summed E-state index contributed by atoms with van der Waals surface area (Å²) >= 11 is 4.08. The average molecular weight is 687 g/mol. The Labute approximate surface area is 287 Å². The maximum Gasteiger partial charge on any atom is 0.236 e. The van der Waals surface area contributed by atoms with Crippen molar-refractivity contribution in [3.8, 4) is 0 Å². The first-order valence-electron chi connectivity index (χ1n) is 17.0. The number of rotatable bonds is 31. The van der Waals surface area contributed by atoms with Crippen LogP contribution in [0.15, 0.2) is 0 Å². The Kier molecular flexibility index (Phi) is 27.1. The minimum absolute atomic E-state index is 0.135. The Balaban J connectivity index is 5.05. The third kappa shape index (κ3) is 21.9. The van der Waals surface area contributed by atoms with E-state index in [1.165, 1.54) is 0 Å². The number of carbonyl (C=O) groups is 6. The molecule has 15 heteroatoms. The van der Waals surface area contributed by atoms with Gasteiger partial charge in [-0.2, -0.15) is 12.6 Å². The summed E-state index contributed by atoms with van der Waals surface area (Å²) in [5.74, 6) is -0.553. The second kappa shape index (κ2) is 28.6. The summed E-state index contributed by atoms with van der Waals surface area (Å²) in [6.45, 7) is 6.68. The van der Waals surface area contributed by atoms with Crippen molar-refractivity contribution in [2.75, 3.05) is 39.6 Å². The van der Waals surface area contributed by atoms with Crippen molar-refractivity contribution >= 4 is 49.2 Å². The zero-order chi connectivity index (χ0) is 35.5. The van der Waals surface area contributed by atoms with Crippen LogP contribution >= 0.6 is 12.6 Å². The van der Waals surface area contributed by atoms with Crippen molar-refractivity contribution < 1.29 is 28.8 Å². The number of amides is 3. The normalized spacial score (nSPS) is 15.7. The number of hydrogen-bond acceptors (Lipinski definition) is 12. The summed E-state index contributed by atoms with van der Waals surface area (Å²) in [4.78, 5) is 71.6. The molecule has 14 nitrogen and oxygen atoms in total. The Morgan fingerprint density at radius 2 is 0.979 bits per heavy atom. The zero-order valence-corrected chi connectivity index (χ0v) is 30.0. The molecule has 0 aliphatic carbocycles. The third-order valence-electron chi connectivity index (χ3n) is 8.04. The lowest BCUT2D eigenvalue weighted by Crippen LogP contribution is -2.57. The zero-order valence-electron chi connectivity index (χ0n) is 29.1. The molecule has 0 rings (SSSR count). The summed E-state index contributed by atoms with van der Waals surface area (Å²) in [5.41, 5.74) is 0. The lowest BCUT2D eigenvalue weighted by molar-refractivity contribution is -0.125. The van der Waals surface area contributed by atoms with E-state index < -0.39 is 24.2 Å². The van der Waals surface area contributed by atoms with E-state index in [9.17, 15) is 28.8 Å². The van der Waals surface area contributed by atoms with Crippen molar-refractivity contribution in [3.05, 3.63) is 0 Å². The van der Waals surface area contributed by atoms with E-state index in [1.54, 1.807) is 34.9 Å². The van der Waals surface area contributed by atoms with Gasteiger partial charge in [-0.25, -0.2) is 0 Å². The van der Waals surface area contributed by atoms with Gasteiger partial charge in [-0.05, 0) is 92.2 Å². The summed E-state index contributed by atoms with van der Waals surface area (Å²) in [5, 5.41) is 24.1. The standard InChI is InChI=1S/C32H62N8O6S/c1-23(30(44)35-15-9-6-12-26(19-41)33-4)18-29(39-24(2)31(45)36-16-10-7-13-27(20-42)34-5)40-25(3)32(46)37-17-11-8-14-28(21-43)38-22-47/h19-21,23-29,33-34,38-40,47H,6-18,22H2,1-5H3,(H,35,44)(H,36,45)(H,37,46)/t23?,24?,25?,26-,27-,28+,29?/m1/s1.